The topological polar surface area (TPSA) is 206 Å². The van der Waals surface area contributed by atoms with Gasteiger partial charge in [0.15, 0.2) is 0 Å². The van der Waals surface area contributed by atoms with Crippen LogP contribution < -0.4 is 0 Å². The SMILES string of the molecule is CS(=O)(=O)OCCOCCOCCOCCOCc1ccccc1.OCCOCCOCCOCCO.OCCOCCOCCOCCOCc1ccccc1. The van der Waals surface area contributed by atoms with Gasteiger partial charge in [-0.2, -0.15) is 8.42 Å². The fourth-order valence-corrected chi connectivity index (χ4v) is 4.20. The normalized spacial score (nSPS) is 11.2. The maximum atomic E-state index is 10.7. The first-order valence-electron chi connectivity index (χ1n) is 19.0. The fraction of sp³-hybridized carbons (Fsp3) is 0.692. The van der Waals surface area contributed by atoms with E-state index in [9.17, 15) is 8.42 Å². The van der Waals surface area contributed by atoms with E-state index in [-0.39, 0.29) is 33.0 Å². The first-order valence-corrected chi connectivity index (χ1v) is 20.8. The average molecular weight is 841 g/mol. The molecule has 0 saturated heterocycles. The zero-order valence-electron chi connectivity index (χ0n) is 33.6. The molecule has 0 amide bonds. The van der Waals surface area contributed by atoms with Gasteiger partial charge in [0.1, 0.15) is 0 Å². The molecule has 0 aromatic heterocycles. The number of benzene rings is 2. The van der Waals surface area contributed by atoms with Crippen molar-refractivity contribution in [3.05, 3.63) is 71.8 Å². The second-order valence-electron chi connectivity index (χ2n) is 11.3. The molecule has 0 bridgehead atoms. The van der Waals surface area contributed by atoms with Crippen LogP contribution in [0.4, 0.5) is 0 Å². The third-order valence-electron chi connectivity index (χ3n) is 6.43. The monoisotopic (exact) mass is 840 g/mol. The summed E-state index contributed by atoms with van der Waals surface area (Å²) in [4.78, 5) is 0. The molecule has 0 aliphatic carbocycles. The molecule has 0 aliphatic heterocycles. The largest absolute Gasteiger partial charge is 0.394 e. The molecular formula is C39H68O17S. The van der Waals surface area contributed by atoms with Gasteiger partial charge in [-0.3, -0.25) is 4.18 Å². The van der Waals surface area contributed by atoms with Gasteiger partial charge in [0.2, 0.25) is 0 Å². The van der Waals surface area contributed by atoms with E-state index < -0.39 is 10.1 Å². The van der Waals surface area contributed by atoms with E-state index in [0.29, 0.717) is 139 Å². The minimum Gasteiger partial charge on any atom is -0.394 e. The molecule has 57 heavy (non-hydrogen) atoms. The van der Waals surface area contributed by atoms with Gasteiger partial charge in [-0.15, -0.1) is 0 Å². The molecule has 0 aliphatic rings. The summed E-state index contributed by atoms with van der Waals surface area (Å²) in [6.45, 7) is 10.7. The van der Waals surface area contributed by atoms with Crippen LogP contribution in [-0.2, 0) is 79.6 Å². The molecule has 0 saturated carbocycles. The Morgan fingerprint density at radius 1 is 0.351 bits per heavy atom. The summed E-state index contributed by atoms with van der Waals surface area (Å²) in [5.74, 6) is 0. The molecule has 0 unspecified atom stereocenters. The summed E-state index contributed by atoms with van der Waals surface area (Å²) in [5, 5.41) is 25.2. The summed E-state index contributed by atoms with van der Waals surface area (Å²) in [5.41, 5.74) is 2.31. The van der Waals surface area contributed by atoms with Gasteiger partial charge in [-0.1, -0.05) is 60.7 Å². The van der Waals surface area contributed by atoms with E-state index in [4.69, 9.17) is 67.4 Å². The van der Waals surface area contributed by atoms with Crippen molar-refractivity contribution in [2.24, 2.45) is 0 Å². The van der Waals surface area contributed by atoms with Crippen LogP contribution in [0.1, 0.15) is 11.1 Å². The summed E-state index contributed by atoms with van der Waals surface area (Å²) in [7, 11) is -3.39. The van der Waals surface area contributed by atoms with E-state index in [1.807, 2.05) is 60.7 Å². The Kier molecular flexibility index (Phi) is 43.1. The lowest BCUT2D eigenvalue weighted by Crippen LogP contribution is -2.14. The lowest BCUT2D eigenvalue weighted by atomic mass is 10.2. The van der Waals surface area contributed by atoms with Crippen molar-refractivity contribution in [1.29, 1.82) is 0 Å². The highest BCUT2D eigenvalue weighted by atomic mass is 32.2. The van der Waals surface area contributed by atoms with Crippen molar-refractivity contribution in [2.75, 3.05) is 165 Å². The van der Waals surface area contributed by atoms with Crippen molar-refractivity contribution < 1.29 is 80.0 Å². The van der Waals surface area contributed by atoms with Gasteiger partial charge in [-0.05, 0) is 11.1 Å². The number of rotatable bonds is 38. The molecule has 18 heteroatoms. The Hall–Kier alpha value is -2.21. The third-order valence-corrected chi connectivity index (χ3v) is 7.03. The number of aliphatic hydroxyl groups excluding tert-OH is 3. The second kappa shape index (κ2) is 44.9. The number of hydrogen-bond donors (Lipinski definition) is 3. The summed E-state index contributed by atoms with van der Waals surface area (Å²) in [6, 6.07) is 20.0. The molecule has 332 valence electrons. The quantitative estimate of drug-likeness (QED) is 0.0647. The van der Waals surface area contributed by atoms with Gasteiger partial charge in [-0.25, -0.2) is 0 Å². The van der Waals surface area contributed by atoms with Crippen molar-refractivity contribution >= 4 is 10.1 Å². The zero-order chi connectivity index (χ0) is 41.6. The summed E-state index contributed by atoms with van der Waals surface area (Å²) >= 11 is 0. The van der Waals surface area contributed by atoms with Crippen LogP contribution in [0.5, 0.6) is 0 Å². The smallest absolute Gasteiger partial charge is 0.264 e. The number of hydrogen-bond acceptors (Lipinski definition) is 17. The van der Waals surface area contributed by atoms with Crippen LogP contribution in [0.3, 0.4) is 0 Å². The van der Waals surface area contributed by atoms with E-state index in [1.165, 1.54) is 5.56 Å². The Labute approximate surface area is 339 Å². The van der Waals surface area contributed by atoms with Gasteiger partial charge >= 0.3 is 0 Å². The average Bonchev–Trinajstić information content (AvgIpc) is 3.21. The molecule has 2 aromatic carbocycles. The molecule has 2 aromatic rings. The van der Waals surface area contributed by atoms with Crippen molar-refractivity contribution in [3.63, 3.8) is 0 Å². The Balaban J connectivity index is 0.000000863. The lowest BCUT2D eigenvalue weighted by Gasteiger charge is -2.07. The van der Waals surface area contributed by atoms with Crippen LogP contribution in [-0.4, -0.2) is 189 Å². The zero-order valence-corrected chi connectivity index (χ0v) is 34.4. The fourth-order valence-electron chi connectivity index (χ4n) is 3.83. The standard InChI is InChI=1S/C16H26O7S.C15H24O5.C8H18O5/c1-24(17,18)23-14-13-21-10-9-19-7-8-20-11-12-22-15-16-5-3-2-4-6-16;16-6-7-17-8-9-18-10-11-19-12-13-20-14-15-4-2-1-3-5-15;9-1-3-11-5-7-13-8-6-12-4-2-10/h2-6H,7-15H2,1H3;1-5,16H,6-14H2;9-10H,1-8H2. The second-order valence-corrected chi connectivity index (χ2v) is 12.9. The molecule has 3 N–H and O–H groups in total. The molecule has 0 heterocycles. The number of ether oxygens (including phenoxy) is 11. The highest BCUT2D eigenvalue weighted by Gasteiger charge is 2.00. The van der Waals surface area contributed by atoms with Crippen molar-refractivity contribution in [2.45, 2.75) is 13.2 Å². The molecule has 0 atom stereocenters. The van der Waals surface area contributed by atoms with Gasteiger partial charge in [0, 0.05) is 0 Å². The minimum atomic E-state index is -3.39. The Morgan fingerprint density at radius 2 is 0.579 bits per heavy atom. The molecule has 0 spiro atoms. The summed E-state index contributed by atoms with van der Waals surface area (Å²) in [6.07, 6.45) is 1.00. The number of aliphatic hydroxyl groups is 3. The predicted molar refractivity (Wildman–Crippen MR) is 212 cm³/mol. The summed E-state index contributed by atoms with van der Waals surface area (Å²) < 4.78 is 83.4. The van der Waals surface area contributed by atoms with Crippen LogP contribution in [0.2, 0.25) is 0 Å². The Bertz CT molecular complexity index is 1140. The van der Waals surface area contributed by atoms with E-state index >= 15 is 0 Å². The highest BCUT2D eigenvalue weighted by Crippen LogP contribution is 2.01. The van der Waals surface area contributed by atoms with E-state index in [0.717, 1.165) is 11.8 Å². The van der Waals surface area contributed by atoms with Crippen LogP contribution in [0.25, 0.3) is 0 Å². The first-order chi connectivity index (χ1) is 27.9. The Morgan fingerprint density at radius 3 is 0.825 bits per heavy atom. The minimum absolute atomic E-state index is 0.0188. The maximum absolute atomic E-state index is 10.7. The predicted octanol–water partition coefficient (Wildman–Crippen LogP) is 1.50. The van der Waals surface area contributed by atoms with Crippen LogP contribution >= 0.6 is 0 Å². The molecule has 17 nitrogen and oxygen atoms in total. The van der Waals surface area contributed by atoms with Crippen molar-refractivity contribution in [1.82, 2.24) is 0 Å². The maximum Gasteiger partial charge on any atom is 0.264 e. The molecule has 0 fully saturated rings. The van der Waals surface area contributed by atoms with Crippen molar-refractivity contribution in [3.8, 4) is 0 Å². The van der Waals surface area contributed by atoms with Crippen LogP contribution in [0.15, 0.2) is 60.7 Å². The molecule has 2 rings (SSSR count). The van der Waals surface area contributed by atoms with Gasteiger partial charge in [0.25, 0.3) is 10.1 Å². The van der Waals surface area contributed by atoms with E-state index in [1.54, 1.807) is 0 Å². The molecular weight excluding hydrogens is 772 g/mol. The van der Waals surface area contributed by atoms with Gasteiger partial charge in [0.05, 0.1) is 178 Å². The third kappa shape index (κ3) is 46.4. The van der Waals surface area contributed by atoms with Crippen LogP contribution in [0, 0.1) is 0 Å². The van der Waals surface area contributed by atoms with E-state index in [2.05, 4.69) is 4.18 Å². The first kappa shape index (κ1) is 54.8. The van der Waals surface area contributed by atoms with Gasteiger partial charge < -0.3 is 67.4 Å². The molecule has 0 radical (unpaired) electrons. The lowest BCUT2D eigenvalue weighted by molar-refractivity contribution is -0.00743. The highest BCUT2D eigenvalue weighted by molar-refractivity contribution is 7.85.